The highest BCUT2D eigenvalue weighted by Gasteiger charge is 2.13. The molecule has 7 heteroatoms. The molecule has 1 unspecified atom stereocenters. The molecule has 0 aliphatic rings. The van der Waals surface area contributed by atoms with Gasteiger partial charge in [0, 0.05) is 19.2 Å². The monoisotopic (exact) mass is 344 g/mol. The van der Waals surface area contributed by atoms with Gasteiger partial charge in [0.15, 0.2) is 5.96 Å². The van der Waals surface area contributed by atoms with E-state index in [0.29, 0.717) is 24.9 Å². The summed E-state index contributed by atoms with van der Waals surface area (Å²) < 4.78 is 10.2. The lowest BCUT2D eigenvalue weighted by molar-refractivity contribution is -0.144. The number of methoxy groups -OCH3 is 1. The summed E-state index contributed by atoms with van der Waals surface area (Å²) in [6.07, 6.45) is 1.62. The van der Waals surface area contributed by atoms with E-state index in [4.69, 9.17) is 9.15 Å². The number of nitrogens with one attached hydrogen (secondary N) is 2. The molecule has 1 atom stereocenters. The largest absolute Gasteiger partial charge is 0.469 e. The number of carbonyl (C=O) groups is 1. The number of aryl methyl sites for hydroxylation is 1. The summed E-state index contributed by atoms with van der Waals surface area (Å²) in [5.41, 5.74) is 2.89. The smallest absolute Gasteiger partial charge is 0.310 e. The molecule has 0 bridgehead atoms. The van der Waals surface area contributed by atoms with Gasteiger partial charge in [0.2, 0.25) is 5.89 Å². The summed E-state index contributed by atoms with van der Waals surface area (Å²) in [6, 6.07) is 8.00. The van der Waals surface area contributed by atoms with Crippen molar-refractivity contribution in [2.45, 2.75) is 20.4 Å². The molecule has 0 spiro atoms. The minimum absolute atomic E-state index is 0.260. The predicted molar refractivity (Wildman–Crippen MR) is 96.1 cm³/mol. The fraction of sp³-hybridized carbons (Fsp3) is 0.389. The standard InChI is InChI=1S/C18H24N4O3/c1-12-5-7-14(8-6-12)16-22-15(11-25-16)10-21-18(19-3)20-9-13(2)17(23)24-4/h5-8,11,13H,9-10H2,1-4H3,(H2,19,20,21). The Labute approximate surface area is 147 Å². The molecule has 25 heavy (non-hydrogen) atoms. The lowest BCUT2D eigenvalue weighted by atomic mass is 10.1. The Hall–Kier alpha value is -2.83. The third-order valence-electron chi connectivity index (χ3n) is 3.69. The molecule has 134 valence electrons. The quantitative estimate of drug-likeness (QED) is 0.474. The Bertz CT molecular complexity index is 722. The van der Waals surface area contributed by atoms with Crippen LogP contribution in [0.4, 0.5) is 0 Å². The van der Waals surface area contributed by atoms with Crippen molar-refractivity contribution >= 4 is 11.9 Å². The molecular formula is C18H24N4O3. The van der Waals surface area contributed by atoms with Crippen molar-refractivity contribution in [2.24, 2.45) is 10.9 Å². The van der Waals surface area contributed by atoms with Crippen molar-refractivity contribution in [3.8, 4) is 11.5 Å². The summed E-state index contributed by atoms with van der Waals surface area (Å²) >= 11 is 0. The van der Waals surface area contributed by atoms with Crippen LogP contribution in [-0.4, -0.2) is 37.6 Å². The van der Waals surface area contributed by atoms with Crippen LogP contribution in [-0.2, 0) is 16.1 Å². The first kappa shape index (κ1) is 18.5. The summed E-state index contributed by atoms with van der Waals surface area (Å²) in [5.74, 6) is 0.639. The number of hydrogen-bond acceptors (Lipinski definition) is 5. The van der Waals surface area contributed by atoms with Crippen LogP contribution in [0.15, 0.2) is 39.9 Å². The number of benzene rings is 1. The van der Waals surface area contributed by atoms with E-state index in [9.17, 15) is 4.79 Å². The molecule has 1 aromatic carbocycles. The molecular weight excluding hydrogens is 320 g/mol. The maximum Gasteiger partial charge on any atom is 0.310 e. The average molecular weight is 344 g/mol. The summed E-state index contributed by atoms with van der Waals surface area (Å²) in [7, 11) is 3.04. The maximum atomic E-state index is 11.4. The van der Waals surface area contributed by atoms with Crippen LogP contribution in [0, 0.1) is 12.8 Å². The van der Waals surface area contributed by atoms with Crippen LogP contribution in [0.1, 0.15) is 18.2 Å². The van der Waals surface area contributed by atoms with Gasteiger partial charge in [0.25, 0.3) is 0 Å². The second-order valence-electron chi connectivity index (χ2n) is 5.74. The van der Waals surface area contributed by atoms with E-state index in [0.717, 1.165) is 11.3 Å². The van der Waals surface area contributed by atoms with E-state index in [2.05, 4.69) is 20.6 Å². The van der Waals surface area contributed by atoms with Crippen LogP contribution >= 0.6 is 0 Å². The van der Waals surface area contributed by atoms with E-state index in [1.165, 1.54) is 12.7 Å². The Morgan fingerprint density at radius 1 is 1.32 bits per heavy atom. The van der Waals surface area contributed by atoms with Gasteiger partial charge >= 0.3 is 5.97 Å². The highest BCUT2D eigenvalue weighted by atomic mass is 16.5. The van der Waals surface area contributed by atoms with Crippen molar-refractivity contribution in [1.29, 1.82) is 0 Å². The number of hydrogen-bond donors (Lipinski definition) is 2. The SMILES string of the molecule is CN=C(NCc1coc(-c2ccc(C)cc2)n1)NCC(C)C(=O)OC. The normalized spacial score (nSPS) is 12.6. The molecule has 0 radical (unpaired) electrons. The second kappa shape index (κ2) is 8.86. The van der Waals surface area contributed by atoms with Crippen molar-refractivity contribution in [3.63, 3.8) is 0 Å². The lowest BCUT2D eigenvalue weighted by Gasteiger charge is -2.13. The molecule has 1 aromatic heterocycles. The van der Waals surface area contributed by atoms with Gasteiger partial charge in [-0.2, -0.15) is 0 Å². The van der Waals surface area contributed by atoms with Crippen molar-refractivity contribution < 1.29 is 13.9 Å². The predicted octanol–water partition coefficient (Wildman–Crippen LogP) is 2.12. The van der Waals surface area contributed by atoms with Gasteiger partial charge in [-0.25, -0.2) is 4.98 Å². The fourth-order valence-electron chi connectivity index (χ4n) is 2.15. The number of aliphatic imine (C=N–C) groups is 1. The minimum atomic E-state index is -0.262. The van der Waals surface area contributed by atoms with Crippen LogP contribution in [0.2, 0.25) is 0 Å². The highest BCUT2D eigenvalue weighted by Crippen LogP contribution is 2.18. The Kier molecular flexibility index (Phi) is 6.56. The molecule has 0 aliphatic heterocycles. The summed E-state index contributed by atoms with van der Waals surface area (Å²) in [4.78, 5) is 20.0. The molecule has 1 heterocycles. The third kappa shape index (κ3) is 5.34. The minimum Gasteiger partial charge on any atom is -0.469 e. The van der Waals surface area contributed by atoms with Gasteiger partial charge in [-0.1, -0.05) is 24.6 Å². The lowest BCUT2D eigenvalue weighted by Crippen LogP contribution is -2.40. The zero-order valence-corrected chi connectivity index (χ0v) is 15.0. The first-order valence-corrected chi connectivity index (χ1v) is 8.07. The van der Waals surface area contributed by atoms with E-state index in [-0.39, 0.29) is 11.9 Å². The zero-order valence-electron chi connectivity index (χ0n) is 15.0. The number of guanidine groups is 1. The second-order valence-corrected chi connectivity index (χ2v) is 5.74. The molecule has 2 N–H and O–H groups in total. The molecule has 0 saturated heterocycles. The van der Waals surface area contributed by atoms with E-state index >= 15 is 0 Å². The Morgan fingerprint density at radius 2 is 2.04 bits per heavy atom. The number of rotatable bonds is 6. The van der Waals surface area contributed by atoms with E-state index < -0.39 is 0 Å². The van der Waals surface area contributed by atoms with Gasteiger partial charge in [-0.3, -0.25) is 9.79 Å². The molecule has 2 rings (SSSR count). The third-order valence-corrected chi connectivity index (χ3v) is 3.69. The van der Waals surface area contributed by atoms with Crippen LogP contribution in [0.25, 0.3) is 11.5 Å². The molecule has 0 aliphatic carbocycles. The number of esters is 1. The summed E-state index contributed by atoms with van der Waals surface area (Å²) in [6.45, 7) is 4.72. The number of ether oxygens (including phenoxy) is 1. The zero-order chi connectivity index (χ0) is 18.2. The van der Waals surface area contributed by atoms with E-state index in [1.807, 2.05) is 31.2 Å². The molecule has 2 aromatic rings. The topological polar surface area (TPSA) is 88.8 Å². The van der Waals surface area contributed by atoms with Crippen LogP contribution < -0.4 is 10.6 Å². The van der Waals surface area contributed by atoms with E-state index in [1.54, 1.807) is 20.2 Å². The molecule has 0 fully saturated rings. The van der Waals surface area contributed by atoms with Gasteiger partial charge in [0.05, 0.1) is 25.3 Å². The van der Waals surface area contributed by atoms with Gasteiger partial charge in [-0.05, 0) is 19.1 Å². The highest BCUT2D eigenvalue weighted by molar-refractivity contribution is 5.80. The Morgan fingerprint density at radius 3 is 2.68 bits per heavy atom. The number of aromatic nitrogens is 1. The Balaban J connectivity index is 1.87. The molecule has 0 saturated carbocycles. The average Bonchev–Trinajstić information content (AvgIpc) is 3.10. The fourth-order valence-corrected chi connectivity index (χ4v) is 2.15. The molecule has 0 amide bonds. The summed E-state index contributed by atoms with van der Waals surface area (Å²) in [5, 5.41) is 6.22. The van der Waals surface area contributed by atoms with Gasteiger partial charge in [-0.15, -0.1) is 0 Å². The van der Waals surface area contributed by atoms with Crippen LogP contribution in [0.5, 0.6) is 0 Å². The maximum absolute atomic E-state index is 11.4. The van der Waals surface area contributed by atoms with Crippen molar-refractivity contribution in [3.05, 3.63) is 41.8 Å². The first-order valence-electron chi connectivity index (χ1n) is 8.07. The first-order chi connectivity index (χ1) is 12.0. The van der Waals surface area contributed by atoms with Crippen molar-refractivity contribution in [2.75, 3.05) is 20.7 Å². The number of oxazole rings is 1. The molecule has 7 nitrogen and oxygen atoms in total. The number of nitrogens with zero attached hydrogens (tertiary/aromatic N) is 2. The number of carbonyl (C=O) groups excluding carboxylic acids is 1. The van der Waals surface area contributed by atoms with Gasteiger partial charge in [0.1, 0.15) is 6.26 Å². The van der Waals surface area contributed by atoms with Crippen LogP contribution in [0.3, 0.4) is 0 Å². The van der Waals surface area contributed by atoms with Gasteiger partial charge < -0.3 is 19.8 Å². The van der Waals surface area contributed by atoms with Crippen molar-refractivity contribution in [1.82, 2.24) is 15.6 Å².